The maximum absolute atomic E-state index is 11.5. The van der Waals surface area contributed by atoms with Crippen molar-refractivity contribution < 1.29 is 14.7 Å². The van der Waals surface area contributed by atoms with Gasteiger partial charge in [0, 0.05) is 6.54 Å². The first-order valence-corrected chi connectivity index (χ1v) is 6.06. The molecule has 92 valence electrons. The molecule has 0 saturated heterocycles. The van der Waals surface area contributed by atoms with Crippen LogP contribution in [0.3, 0.4) is 0 Å². The van der Waals surface area contributed by atoms with Crippen LogP contribution in [0.1, 0.15) is 46.0 Å². The normalized spacial score (nSPS) is 29.0. The second kappa shape index (κ2) is 5.32. The fourth-order valence-corrected chi connectivity index (χ4v) is 2.66. The van der Waals surface area contributed by atoms with E-state index in [-0.39, 0.29) is 0 Å². The van der Waals surface area contributed by atoms with E-state index < -0.39 is 11.5 Å². The maximum atomic E-state index is 11.5. The summed E-state index contributed by atoms with van der Waals surface area (Å²) in [5, 5.41) is 9.40. The van der Waals surface area contributed by atoms with Crippen molar-refractivity contribution in [3.05, 3.63) is 0 Å². The van der Waals surface area contributed by atoms with Gasteiger partial charge in [-0.2, -0.15) is 0 Å². The Hall–Kier alpha value is -1.06. The minimum absolute atomic E-state index is 0.440. The van der Waals surface area contributed by atoms with Gasteiger partial charge in [-0.3, -0.25) is 4.79 Å². The lowest BCUT2D eigenvalue weighted by Gasteiger charge is -2.35. The Morgan fingerprint density at radius 2 is 2.25 bits per heavy atom. The first kappa shape index (κ1) is 13.0. The van der Waals surface area contributed by atoms with Crippen molar-refractivity contribution in [2.24, 2.45) is 5.92 Å². The van der Waals surface area contributed by atoms with Gasteiger partial charge in [0.2, 0.25) is 6.41 Å². The smallest absolute Gasteiger partial charge is 0.329 e. The van der Waals surface area contributed by atoms with Crippen LogP contribution >= 0.6 is 0 Å². The van der Waals surface area contributed by atoms with Gasteiger partial charge in [-0.1, -0.05) is 20.3 Å². The Morgan fingerprint density at radius 1 is 1.56 bits per heavy atom. The number of rotatable bonds is 6. The Labute approximate surface area is 96.6 Å². The molecule has 0 aromatic carbocycles. The van der Waals surface area contributed by atoms with Crippen molar-refractivity contribution in [3.8, 4) is 0 Å². The first-order chi connectivity index (χ1) is 7.60. The molecule has 1 rings (SSSR count). The van der Waals surface area contributed by atoms with E-state index in [1.54, 1.807) is 0 Å². The van der Waals surface area contributed by atoms with E-state index in [4.69, 9.17) is 0 Å². The fraction of sp³-hybridized carbons (Fsp3) is 0.833. The van der Waals surface area contributed by atoms with Gasteiger partial charge in [0.25, 0.3) is 0 Å². The molecule has 0 spiro atoms. The SMILES string of the molecule is CCCN(C=O)C1(C(=O)O)CCC(CC)C1. The van der Waals surface area contributed by atoms with E-state index in [2.05, 4.69) is 6.92 Å². The summed E-state index contributed by atoms with van der Waals surface area (Å²) in [7, 11) is 0. The standard InChI is InChI=1S/C12H21NO3/c1-3-7-13(9-14)12(11(15)16)6-5-10(4-2)8-12/h9-10H,3-8H2,1-2H3,(H,15,16). The lowest BCUT2D eigenvalue weighted by atomic mass is 9.93. The first-order valence-electron chi connectivity index (χ1n) is 6.06. The monoisotopic (exact) mass is 227 g/mol. The van der Waals surface area contributed by atoms with Gasteiger partial charge in [-0.05, 0) is 31.6 Å². The predicted octanol–water partition coefficient (Wildman–Crippen LogP) is 1.89. The summed E-state index contributed by atoms with van der Waals surface area (Å²) in [6.45, 7) is 4.57. The summed E-state index contributed by atoms with van der Waals surface area (Å²) in [5.74, 6) is -0.403. The third-order valence-corrected chi connectivity index (χ3v) is 3.71. The fourth-order valence-electron chi connectivity index (χ4n) is 2.66. The summed E-state index contributed by atoms with van der Waals surface area (Å²) in [6.07, 6.45) is 4.61. The summed E-state index contributed by atoms with van der Waals surface area (Å²) in [6, 6.07) is 0. The zero-order valence-electron chi connectivity index (χ0n) is 10.1. The summed E-state index contributed by atoms with van der Waals surface area (Å²) >= 11 is 0. The van der Waals surface area contributed by atoms with Crippen molar-refractivity contribution in [3.63, 3.8) is 0 Å². The Balaban J connectivity index is 2.88. The number of hydrogen-bond acceptors (Lipinski definition) is 2. The van der Waals surface area contributed by atoms with Gasteiger partial charge in [-0.15, -0.1) is 0 Å². The molecule has 0 bridgehead atoms. The van der Waals surface area contributed by atoms with Crippen molar-refractivity contribution >= 4 is 12.4 Å². The van der Waals surface area contributed by atoms with E-state index in [1.165, 1.54) is 4.90 Å². The number of aliphatic carboxylic acids is 1. The van der Waals surface area contributed by atoms with Gasteiger partial charge in [-0.25, -0.2) is 4.79 Å². The number of carbonyl (C=O) groups excluding carboxylic acids is 1. The number of hydrogen-bond donors (Lipinski definition) is 1. The van der Waals surface area contributed by atoms with E-state index in [1.807, 2.05) is 6.92 Å². The third kappa shape index (κ3) is 2.20. The minimum atomic E-state index is -0.932. The molecule has 0 radical (unpaired) electrons. The molecule has 0 aliphatic heterocycles. The highest BCUT2D eigenvalue weighted by molar-refractivity contribution is 5.82. The van der Waals surface area contributed by atoms with Crippen molar-refractivity contribution in [1.29, 1.82) is 0 Å². The summed E-state index contributed by atoms with van der Waals surface area (Å²) in [5.41, 5.74) is -0.932. The Bertz CT molecular complexity index is 267. The van der Waals surface area contributed by atoms with Crippen LogP contribution in [0.15, 0.2) is 0 Å². The predicted molar refractivity (Wildman–Crippen MR) is 61.1 cm³/mol. The van der Waals surface area contributed by atoms with E-state index in [0.717, 1.165) is 19.3 Å². The van der Waals surface area contributed by atoms with Gasteiger partial charge in [0.05, 0.1) is 0 Å². The van der Waals surface area contributed by atoms with Crippen LogP contribution in [-0.2, 0) is 9.59 Å². The molecule has 1 fully saturated rings. The molecule has 1 N–H and O–H groups in total. The molecule has 1 aliphatic carbocycles. The number of nitrogens with zero attached hydrogens (tertiary/aromatic N) is 1. The molecular formula is C12H21NO3. The third-order valence-electron chi connectivity index (χ3n) is 3.71. The van der Waals surface area contributed by atoms with E-state index in [9.17, 15) is 14.7 Å². The topological polar surface area (TPSA) is 57.6 Å². The molecule has 4 nitrogen and oxygen atoms in total. The largest absolute Gasteiger partial charge is 0.479 e. The quantitative estimate of drug-likeness (QED) is 0.705. The van der Waals surface area contributed by atoms with Gasteiger partial charge in [0.15, 0.2) is 0 Å². The van der Waals surface area contributed by atoms with Crippen LogP contribution in [0.2, 0.25) is 0 Å². The summed E-state index contributed by atoms with van der Waals surface area (Å²) in [4.78, 5) is 24.0. The van der Waals surface area contributed by atoms with Gasteiger partial charge >= 0.3 is 5.97 Å². The van der Waals surface area contributed by atoms with Crippen LogP contribution in [0.4, 0.5) is 0 Å². The average Bonchev–Trinajstić information content (AvgIpc) is 2.71. The summed E-state index contributed by atoms with van der Waals surface area (Å²) < 4.78 is 0. The highest BCUT2D eigenvalue weighted by Crippen LogP contribution is 2.40. The molecular weight excluding hydrogens is 206 g/mol. The molecule has 0 aromatic rings. The lowest BCUT2D eigenvalue weighted by molar-refractivity contribution is -0.155. The zero-order valence-corrected chi connectivity index (χ0v) is 10.1. The molecule has 1 amide bonds. The highest BCUT2D eigenvalue weighted by Gasteiger charge is 2.48. The van der Waals surface area contributed by atoms with E-state index in [0.29, 0.717) is 31.7 Å². The van der Waals surface area contributed by atoms with Crippen molar-refractivity contribution in [1.82, 2.24) is 4.90 Å². The van der Waals surface area contributed by atoms with Gasteiger partial charge < -0.3 is 10.0 Å². The van der Waals surface area contributed by atoms with Crippen LogP contribution in [0.5, 0.6) is 0 Å². The number of carboxylic acid groups (broad SMARTS) is 1. The Morgan fingerprint density at radius 3 is 2.62 bits per heavy atom. The average molecular weight is 227 g/mol. The molecule has 2 atom stereocenters. The van der Waals surface area contributed by atoms with Crippen LogP contribution in [0.25, 0.3) is 0 Å². The second-order valence-electron chi connectivity index (χ2n) is 4.65. The maximum Gasteiger partial charge on any atom is 0.329 e. The molecule has 0 aromatic heterocycles. The number of amides is 1. The molecule has 0 heterocycles. The number of carbonyl (C=O) groups is 2. The zero-order chi connectivity index (χ0) is 12.2. The second-order valence-corrected chi connectivity index (χ2v) is 4.65. The molecule has 1 saturated carbocycles. The van der Waals surface area contributed by atoms with Crippen LogP contribution < -0.4 is 0 Å². The van der Waals surface area contributed by atoms with Crippen molar-refractivity contribution in [2.45, 2.75) is 51.5 Å². The molecule has 2 unspecified atom stereocenters. The number of carboxylic acids is 1. The minimum Gasteiger partial charge on any atom is -0.479 e. The molecule has 16 heavy (non-hydrogen) atoms. The van der Waals surface area contributed by atoms with Crippen LogP contribution in [-0.4, -0.2) is 34.5 Å². The Kier molecular flexibility index (Phi) is 4.33. The van der Waals surface area contributed by atoms with Gasteiger partial charge in [0.1, 0.15) is 5.54 Å². The van der Waals surface area contributed by atoms with Crippen molar-refractivity contribution in [2.75, 3.05) is 6.54 Å². The lowest BCUT2D eigenvalue weighted by Crippen LogP contribution is -2.52. The van der Waals surface area contributed by atoms with Crippen LogP contribution in [0, 0.1) is 5.92 Å². The van der Waals surface area contributed by atoms with E-state index >= 15 is 0 Å². The molecule has 4 heteroatoms. The highest BCUT2D eigenvalue weighted by atomic mass is 16.4. The molecule has 1 aliphatic rings.